The van der Waals surface area contributed by atoms with Crippen molar-refractivity contribution in [1.82, 2.24) is 10.6 Å². The van der Waals surface area contributed by atoms with Gasteiger partial charge >= 0.3 is 0 Å². The molecular formula is C20H35N3O2. The predicted molar refractivity (Wildman–Crippen MR) is 98.6 cm³/mol. The van der Waals surface area contributed by atoms with Crippen LogP contribution in [0.3, 0.4) is 0 Å². The van der Waals surface area contributed by atoms with Crippen LogP contribution in [0.25, 0.3) is 0 Å². The smallest absolute Gasteiger partial charge is 0.242 e. The van der Waals surface area contributed by atoms with Crippen LogP contribution < -0.4 is 16.4 Å². The van der Waals surface area contributed by atoms with Crippen molar-refractivity contribution in [3.8, 4) is 0 Å². The number of amides is 2. The van der Waals surface area contributed by atoms with Gasteiger partial charge in [0.2, 0.25) is 11.8 Å². The molecule has 1 unspecified atom stereocenters. The van der Waals surface area contributed by atoms with Crippen molar-refractivity contribution < 1.29 is 9.59 Å². The largest absolute Gasteiger partial charge is 0.352 e. The van der Waals surface area contributed by atoms with Crippen molar-refractivity contribution in [3.63, 3.8) is 0 Å². The highest BCUT2D eigenvalue weighted by molar-refractivity contribution is 5.90. The van der Waals surface area contributed by atoms with Crippen LogP contribution in [0.5, 0.6) is 0 Å². The first kappa shape index (κ1) is 18.7. The third-order valence-electron chi connectivity index (χ3n) is 6.47. The van der Waals surface area contributed by atoms with Crippen LogP contribution in [0, 0.1) is 29.1 Å². The van der Waals surface area contributed by atoms with Gasteiger partial charge in [0.05, 0.1) is 0 Å². The van der Waals surface area contributed by atoms with Gasteiger partial charge in [-0.15, -0.1) is 0 Å². The quantitative estimate of drug-likeness (QED) is 0.687. The Hall–Kier alpha value is -1.10. The van der Waals surface area contributed by atoms with Crippen molar-refractivity contribution in [3.05, 3.63) is 0 Å². The van der Waals surface area contributed by atoms with E-state index in [-0.39, 0.29) is 23.1 Å². The molecule has 1 atom stereocenters. The second-order valence-electron chi connectivity index (χ2n) is 10.1. The average molecular weight is 350 g/mol. The summed E-state index contributed by atoms with van der Waals surface area (Å²) in [4.78, 5) is 25.8. The van der Waals surface area contributed by atoms with Gasteiger partial charge in [0, 0.05) is 17.5 Å². The average Bonchev–Trinajstić information content (AvgIpc) is 2.47. The molecule has 0 aliphatic heterocycles. The molecule has 4 bridgehead atoms. The summed E-state index contributed by atoms with van der Waals surface area (Å²) in [5.41, 5.74) is 5.29. The molecule has 4 aliphatic carbocycles. The van der Waals surface area contributed by atoms with Crippen LogP contribution in [-0.4, -0.2) is 29.9 Å². The van der Waals surface area contributed by atoms with Gasteiger partial charge in [0.15, 0.2) is 0 Å². The molecule has 142 valence electrons. The Kier molecular flexibility index (Phi) is 4.91. The maximum absolute atomic E-state index is 13.2. The van der Waals surface area contributed by atoms with E-state index in [4.69, 9.17) is 5.73 Å². The lowest BCUT2D eigenvalue weighted by molar-refractivity contribution is -0.149. The van der Waals surface area contributed by atoms with E-state index in [1.165, 1.54) is 19.3 Å². The Morgan fingerprint density at radius 2 is 1.56 bits per heavy atom. The number of carbonyl (C=O) groups excluding carboxylic acids is 2. The zero-order valence-electron chi connectivity index (χ0n) is 16.2. The molecule has 0 spiro atoms. The minimum Gasteiger partial charge on any atom is -0.352 e. The molecule has 5 heteroatoms. The van der Waals surface area contributed by atoms with Crippen molar-refractivity contribution >= 4 is 11.8 Å². The molecule has 0 radical (unpaired) electrons. The number of hydrogen-bond acceptors (Lipinski definition) is 3. The fraction of sp³-hybridized carbons (Fsp3) is 0.900. The van der Waals surface area contributed by atoms with Crippen LogP contribution in [0.15, 0.2) is 0 Å². The molecule has 5 nitrogen and oxygen atoms in total. The van der Waals surface area contributed by atoms with Gasteiger partial charge < -0.3 is 16.4 Å². The Balaban J connectivity index is 1.66. The fourth-order valence-electron chi connectivity index (χ4n) is 5.64. The van der Waals surface area contributed by atoms with Gasteiger partial charge in [-0.2, -0.15) is 0 Å². The third-order valence-corrected chi connectivity index (χ3v) is 6.47. The van der Waals surface area contributed by atoms with Crippen LogP contribution in [0.1, 0.15) is 66.2 Å². The molecule has 4 saturated carbocycles. The number of hydrogen-bond donors (Lipinski definition) is 3. The summed E-state index contributed by atoms with van der Waals surface area (Å²) >= 11 is 0. The Labute approximate surface area is 151 Å². The Morgan fingerprint density at radius 1 is 1.08 bits per heavy atom. The molecule has 4 N–H and O–H groups in total. The lowest BCUT2D eigenvalue weighted by Gasteiger charge is -2.55. The molecule has 2 amide bonds. The monoisotopic (exact) mass is 349 g/mol. The zero-order chi connectivity index (χ0) is 18.4. The molecular weight excluding hydrogens is 314 g/mol. The topological polar surface area (TPSA) is 84.2 Å². The number of nitrogens with two attached hydrogens (primary N) is 1. The highest BCUT2D eigenvalue weighted by Crippen LogP contribution is 2.60. The summed E-state index contributed by atoms with van der Waals surface area (Å²) in [5.74, 6) is 2.22. The van der Waals surface area contributed by atoms with Gasteiger partial charge in [-0.25, -0.2) is 0 Å². The summed E-state index contributed by atoms with van der Waals surface area (Å²) in [6, 6.07) is -0.483. The number of carbonyl (C=O) groups is 2. The normalized spacial score (nSPS) is 34.9. The minimum absolute atomic E-state index is 0.0544. The van der Waals surface area contributed by atoms with E-state index in [1.807, 2.05) is 27.7 Å². The van der Waals surface area contributed by atoms with Gasteiger partial charge in [-0.1, -0.05) is 13.8 Å². The number of nitrogens with one attached hydrogen (secondary N) is 2. The van der Waals surface area contributed by atoms with E-state index in [0.717, 1.165) is 37.0 Å². The lowest BCUT2D eigenvalue weighted by atomic mass is 9.49. The first-order valence-electron chi connectivity index (χ1n) is 9.95. The van der Waals surface area contributed by atoms with Crippen LogP contribution in [-0.2, 0) is 9.59 Å². The maximum Gasteiger partial charge on any atom is 0.242 e. The van der Waals surface area contributed by atoms with E-state index in [9.17, 15) is 9.59 Å². The second-order valence-corrected chi connectivity index (χ2v) is 10.1. The van der Waals surface area contributed by atoms with Gasteiger partial charge in [-0.05, 0) is 76.0 Å². The SMILES string of the molecule is CC(C)C(NC(=O)C12CC3CC(CC(C3)C1)C2)C(=O)NCC(C)(C)N. The molecule has 0 aromatic carbocycles. The minimum atomic E-state index is -0.483. The maximum atomic E-state index is 13.2. The van der Waals surface area contributed by atoms with Gasteiger partial charge in [0.1, 0.15) is 6.04 Å². The first-order chi connectivity index (χ1) is 11.6. The van der Waals surface area contributed by atoms with E-state index in [2.05, 4.69) is 10.6 Å². The zero-order valence-corrected chi connectivity index (χ0v) is 16.2. The van der Waals surface area contributed by atoms with E-state index in [1.54, 1.807) is 0 Å². The first-order valence-corrected chi connectivity index (χ1v) is 9.95. The second kappa shape index (κ2) is 6.57. The molecule has 0 aromatic heterocycles. The number of rotatable bonds is 6. The highest BCUT2D eigenvalue weighted by Gasteiger charge is 2.55. The van der Waals surface area contributed by atoms with Crippen LogP contribution in [0.2, 0.25) is 0 Å². The van der Waals surface area contributed by atoms with E-state index >= 15 is 0 Å². The summed E-state index contributed by atoms with van der Waals surface area (Å²) < 4.78 is 0. The van der Waals surface area contributed by atoms with Crippen LogP contribution >= 0.6 is 0 Å². The molecule has 0 aromatic rings. The summed E-state index contributed by atoms with van der Waals surface area (Å²) in [7, 11) is 0. The summed E-state index contributed by atoms with van der Waals surface area (Å²) in [6.07, 6.45) is 7.00. The Bertz CT molecular complexity index is 500. The van der Waals surface area contributed by atoms with Crippen molar-refractivity contribution in [1.29, 1.82) is 0 Å². The van der Waals surface area contributed by atoms with Gasteiger partial charge in [-0.3, -0.25) is 9.59 Å². The highest BCUT2D eigenvalue weighted by atomic mass is 16.2. The fourth-order valence-corrected chi connectivity index (χ4v) is 5.64. The summed E-state index contributed by atoms with van der Waals surface area (Å²) in [5, 5.41) is 6.02. The van der Waals surface area contributed by atoms with Crippen LogP contribution in [0.4, 0.5) is 0 Å². The third kappa shape index (κ3) is 4.02. The molecule has 4 rings (SSSR count). The summed E-state index contributed by atoms with van der Waals surface area (Å²) in [6.45, 7) is 8.13. The lowest BCUT2D eigenvalue weighted by Crippen LogP contribution is -2.59. The molecule has 0 heterocycles. The molecule has 4 fully saturated rings. The van der Waals surface area contributed by atoms with E-state index < -0.39 is 11.6 Å². The molecule has 0 saturated heterocycles. The standard InChI is InChI=1S/C20H35N3O2/c1-12(2)16(17(24)22-11-19(3,4)21)23-18(25)20-8-13-5-14(9-20)7-15(6-13)10-20/h12-16H,5-11,21H2,1-4H3,(H,22,24)(H,23,25). The van der Waals surface area contributed by atoms with Crippen molar-refractivity contribution in [2.24, 2.45) is 34.8 Å². The van der Waals surface area contributed by atoms with Gasteiger partial charge in [0.25, 0.3) is 0 Å². The Morgan fingerprint density at radius 3 is 1.96 bits per heavy atom. The van der Waals surface area contributed by atoms with Crippen molar-refractivity contribution in [2.75, 3.05) is 6.54 Å². The molecule has 4 aliphatic rings. The molecule has 25 heavy (non-hydrogen) atoms. The van der Waals surface area contributed by atoms with Crippen molar-refractivity contribution in [2.45, 2.75) is 77.8 Å². The van der Waals surface area contributed by atoms with E-state index in [0.29, 0.717) is 6.54 Å². The predicted octanol–water partition coefficient (Wildman–Crippen LogP) is 2.20.